The quantitative estimate of drug-likeness (QED) is 0.484. The Labute approximate surface area is 124 Å². The van der Waals surface area contributed by atoms with Gasteiger partial charge in [-0.2, -0.15) is 0 Å². The van der Waals surface area contributed by atoms with Crippen LogP contribution in [-0.2, 0) is 4.79 Å². The Balaban J connectivity index is 2.25. The van der Waals surface area contributed by atoms with Gasteiger partial charge in [-0.3, -0.25) is 9.59 Å². The molecule has 0 spiro atoms. The van der Waals surface area contributed by atoms with Gasteiger partial charge in [0.1, 0.15) is 5.75 Å². The van der Waals surface area contributed by atoms with Crippen molar-refractivity contribution in [2.75, 3.05) is 0 Å². The van der Waals surface area contributed by atoms with Crippen molar-refractivity contribution < 1.29 is 14.3 Å². The van der Waals surface area contributed by atoms with Crippen molar-refractivity contribution in [1.82, 2.24) is 0 Å². The molecule has 0 bridgehead atoms. The van der Waals surface area contributed by atoms with Crippen molar-refractivity contribution in [1.29, 1.82) is 0 Å². The number of rotatable bonds is 4. The summed E-state index contributed by atoms with van der Waals surface area (Å²) in [7, 11) is 0. The molecule has 0 fully saturated rings. The first-order valence-electron chi connectivity index (χ1n) is 6.90. The fourth-order valence-corrected chi connectivity index (χ4v) is 2.05. The highest BCUT2D eigenvalue weighted by molar-refractivity contribution is 6.09. The Hall–Kier alpha value is -2.42. The maximum atomic E-state index is 12.4. The molecule has 0 aromatic heterocycles. The first-order valence-corrected chi connectivity index (χ1v) is 6.90. The molecule has 0 radical (unpaired) electrons. The molecule has 2 aromatic carbocycles. The molecule has 0 amide bonds. The number of benzene rings is 2. The zero-order valence-corrected chi connectivity index (χ0v) is 12.4. The summed E-state index contributed by atoms with van der Waals surface area (Å²) in [6.45, 7) is 5.55. The van der Waals surface area contributed by atoms with Crippen molar-refractivity contribution in [2.45, 2.75) is 26.7 Å². The number of ketones is 1. The summed E-state index contributed by atoms with van der Waals surface area (Å²) in [5, 5.41) is 0. The second kappa shape index (κ2) is 6.35. The molecule has 0 atom stereocenters. The summed E-state index contributed by atoms with van der Waals surface area (Å²) in [5.41, 5.74) is 2.32. The minimum Gasteiger partial charge on any atom is -0.427 e. The molecule has 0 unspecified atom stereocenters. The fourth-order valence-electron chi connectivity index (χ4n) is 2.05. The zero-order valence-electron chi connectivity index (χ0n) is 12.4. The van der Waals surface area contributed by atoms with E-state index >= 15 is 0 Å². The van der Waals surface area contributed by atoms with Crippen LogP contribution >= 0.6 is 0 Å². The van der Waals surface area contributed by atoms with Gasteiger partial charge < -0.3 is 4.74 Å². The van der Waals surface area contributed by atoms with Gasteiger partial charge in [0, 0.05) is 18.1 Å². The number of hydrogen-bond acceptors (Lipinski definition) is 3. The number of carbonyl (C=O) groups is 2. The van der Waals surface area contributed by atoms with Gasteiger partial charge in [0.2, 0.25) is 0 Å². The smallest absolute Gasteiger partial charge is 0.308 e. The molecule has 0 aliphatic rings. The van der Waals surface area contributed by atoms with Gasteiger partial charge >= 0.3 is 5.97 Å². The van der Waals surface area contributed by atoms with Gasteiger partial charge in [-0.25, -0.2) is 0 Å². The minimum absolute atomic E-state index is 0.0840. The molecule has 2 aromatic rings. The zero-order chi connectivity index (χ0) is 15.4. The Bertz CT molecular complexity index is 654. The first kappa shape index (κ1) is 15.0. The van der Waals surface area contributed by atoms with E-state index in [0.717, 1.165) is 0 Å². The number of esters is 1. The predicted octanol–water partition coefficient (Wildman–Crippen LogP) is 3.97. The van der Waals surface area contributed by atoms with Crippen LogP contribution in [-0.4, -0.2) is 11.8 Å². The monoisotopic (exact) mass is 282 g/mol. The van der Waals surface area contributed by atoms with Crippen molar-refractivity contribution in [3.63, 3.8) is 0 Å². The molecule has 108 valence electrons. The molecule has 3 heteroatoms. The number of hydrogen-bond donors (Lipinski definition) is 0. The summed E-state index contributed by atoms with van der Waals surface area (Å²) >= 11 is 0. The summed E-state index contributed by atoms with van der Waals surface area (Å²) in [4.78, 5) is 23.4. The van der Waals surface area contributed by atoms with Crippen LogP contribution in [0.5, 0.6) is 5.75 Å². The standard InChI is InChI=1S/C18H18O3/c1-12(2)14-7-9-15(10-8-14)18(20)16-5-4-6-17(11-16)21-13(3)19/h4-12H,1-3H3. The van der Waals surface area contributed by atoms with E-state index in [-0.39, 0.29) is 5.78 Å². The summed E-state index contributed by atoms with van der Waals surface area (Å²) in [6, 6.07) is 14.2. The first-order chi connectivity index (χ1) is 9.97. The molecule has 0 N–H and O–H groups in total. The van der Waals surface area contributed by atoms with Crippen LogP contribution in [0.2, 0.25) is 0 Å². The third-order valence-electron chi connectivity index (χ3n) is 3.20. The second-order valence-corrected chi connectivity index (χ2v) is 5.23. The Morgan fingerprint density at radius 3 is 2.19 bits per heavy atom. The molecule has 0 aliphatic heterocycles. The molecule has 0 aliphatic carbocycles. The third-order valence-corrected chi connectivity index (χ3v) is 3.20. The van der Waals surface area contributed by atoms with E-state index in [0.29, 0.717) is 22.8 Å². The molecule has 21 heavy (non-hydrogen) atoms. The van der Waals surface area contributed by atoms with E-state index in [1.807, 2.05) is 24.3 Å². The normalized spacial score (nSPS) is 10.5. The van der Waals surface area contributed by atoms with Crippen LogP contribution in [0, 0.1) is 0 Å². The van der Waals surface area contributed by atoms with E-state index in [1.165, 1.54) is 12.5 Å². The lowest BCUT2D eigenvalue weighted by Crippen LogP contribution is -2.05. The van der Waals surface area contributed by atoms with Crippen molar-refractivity contribution >= 4 is 11.8 Å². The summed E-state index contributed by atoms with van der Waals surface area (Å²) < 4.78 is 5.00. The molecule has 0 saturated carbocycles. The number of ether oxygens (including phenoxy) is 1. The number of carbonyl (C=O) groups excluding carboxylic acids is 2. The van der Waals surface area contributed by atoms with E-state index in [9.17, 15) is 9.59 Å². The van der Waals surface area contributed by atoms with E-state index < -0.39 is 5.97 Å². The highest BCUT2D eigenvalue weighted by atomic mass is 16.5. The third kappa shape index (κ3) is 3.78. The molecule has 0 saturated heterocycles. The molecule has 2 rings (SSSR count). The molecule has 3 nitrogen and oxygen atoms in total. The SMILES string of the molecule is CC(=O)Oc1cccc(C(=O)c2ccc(C(C)C)cc2)c1. The lowest BCUT2D eigenvalue weighted by molar-refractivity contribution is -0.131. The van der Waals surface area contributed by atoms with Gasteiger partial charge in [-0.1, -0.05) is 50.2 Å². The summed E-state index contributed by atoms with van der Waals surface area (Å²) in [5.74, 6) is 0.328. The van der Waals surface area contributed by atoms with Gasteiger partial charge in [0.15, 0.2) is 5.78 Å². The van der Waals surface area contributed by atoms with Crippen LogP contribution in [0.3, 0.4) is 0 Å². The van der Waals surface area contributed by atoms with E-state index in [2.05, 4.69) is 13.8 Å². The second-order valence-electron chi connectivity index (χ2n) is 5.23. The van der Waals surface area contributed by atoms with Crippen molar-refractivity contribution in [2.24, 2.45) is 0 Å². The lowest BCUT2D eigenvalue weighted by atomic mass is 9.98. The van der Waals surface area contributed by atoms with E-state index in [4.69, 9.17) is 4.74 Å². The van der Waals surface area contributed by atoms with Gasteiger partial charge in [-0.15, -0.1) is 0 Å². The Morgan fingerprint density at radius 2 is 1.62 bits per heavy atom. The van der Waals surface area contributed by atoms with Crippen molar-refractivity contribution in [3.8, 4) is 5.75 Å². The Morgan fingerprint density at radius 1 is 0.952 bits per heavy atom. The predicted molar refractivity (Wildman–Crippen MR) is 81.7 cm³/mol. The van der Waals surface area contributed by atoms with Crippen LogP contribution in [0.25, 0.3) is 0 Å². The maximum absolute atomic E-state index is 12.4. The topological polar surface area (TPSA) is 43.4 Å². The average Bonchev–Trinajstić information content (AvgIpc) is 2.46. The molecular formula is C18H18O3. The van der Waals surface area contributed by atoms with Crippen LogP contribution < -0.4 is 4.74 Å². The van der Waals surface area contributed by atoms with Gasteiger partial charge in [0.25, 0.3) is 0 Å². The van der Waals surface area contributed by atoms with Crippen LogP contribution in [0.15, 0.2) is 48.5 Å². The van der Waals surface area contributed by atoms with Crippen molar-refractivity contribution in [3.05, 3.63) is 65.2 Å². The Kier molecular flexibility index (Phi) is 4.53. The average molecular weight is 282 g/mol. The van der Waals surface area contributed by atoms with E-state index in [1.54, 1.807) is 24.3 Å². The largest absolute Gasteiger partial charge is 0.427 e. The highest BCUT2D eigenvalue weighted by Gasteiger charge is 2.11. The van der Waals surface area contributed by atoms with Crippen LogP contribution in [0.1, 0.15) is 48.2 Å². The minimum atomic E-state index is -0.402. The lowest BCUT2D eigenvalue weighted by Gasteiger charge is -2.07. The van der Waals surface area contributed by atoms with Crippen LogP contribution in [0.4, 0.5) is 0 Å². The summed E-state index contributed by atoms with van der Waals surface area (Å²) in [6.07, 6.45) is 0. The highest BCUT2D eigenvalue weighted by Crippen LogP contribution is 2.19. The molecule has 0 heterocycles. The van der Waals surface area contributed by atoms with Gasteiger partial charge in [-0.05, 0) is 23.6 Å². The molecular weight excluding hydrogens is 264 g/mol. The maximum Gasteiger partial charge on any atom is 0.308 e. The van der Waals surface area contributed by atoms with Gasteiger partial charge in [0.05, 0.1) is 0 Å². The fraction of sp³-hybridized carbons (Fsp3) is 0.222.